The summed E-state index contributed by atoms with van der Waals surface area (Å²) in [6, 6.07) is 8.76. The summed E-state index contributed by atoms with van der Waals surface area (Å²) in [4.78, 5) is 23.6. The predicted octanol–water partition coefficient (Wildman–Crippen LogP) is 2.28. The third-order valence-corrected chi connectivity index (χ3v) is 4.02. The minimum absolute atomic E-state index is 0.367. The van der Waals surface area contributed by atoms with E-state index < -0.39 is 17.9 Å². The van der Waals surface area contributed by atoms with Crippen LogP contribution in [0.2, 0.25) is 0 Å². The standard InChI is InChI=1S/C18H17FN4O2/c1-9-6-15-14(8-13(9)18(25)21-10(2)17(20)24)16(23-22-15)11-4-3-5-12(19)7-11/h3-8,10H,1-2H3,(H2,20,24)(H,21,25)(H,22,23). The van der Waals surface area contributed by atoms with Gasteiger partial charge >= 0.3 is 0 Å². The fourth-order valence-corrected chi connectivity index (χ4v) is 2.62. The second-order valence-electron chi connectivity index (χ2n) is 5.89. The molecule has 6 nitrogen and oxygen atoms in total. The van der Waals surface area contributed by atoms with Crippen LogP contribution in [0.3, 0.4) is 0 Å². The minimum atomic E-state index is -0.783. The quantitative estimate of drug-likeness (QED) is 0.679. The number of primary amides is 1. The first-order valence-electron chi connectivity index (χ1n) is 7.71. The van der Waals surface area contributed by atoms with E-state index in [4.69, 9.17) is 5.73 Å². The predicted molar refractivity (Wildman–Crippen MR) is 92.3 cm³/mol. The SMILES string of the molecule is Cc1cc2[nH]nc(-c3cccc(F)c3)c2cc1C(=O)NC(C)C(N)=O. The molecule has 4 N–H and O–H groups in total. The van der Waals surface area contributed by atoms with Crippen LogP contribution >= 0.6 is 0 Å². The molecule has 1 aromatic heterocycles. The Balaban J connectivity index is 2.07. The van der Waals surface area contributed by atoms with Crippen LogP contribution in [-0.2, 0) is 4.79 Å². The molecule has 2 amide bonds. The molecule has 0 aliphatic heterocycles. The number of nitrogens with two attached hydrogens (primary N) is 1. The molecule has 0 aliphatic rings. The van der Waals surface area contributed by atoms with Crippen molar-refractivity contribution < 1.29 is 14.0 Å². The Bertz CT molecular complexity index is 980. The first-order chi connectivity index (χ1) is 11.9. The molecule has 0 bridgehead atoms. The van der Waals surface area contributed by atoms with E-state index in [1.165, 1.54) is 19.1 Å². The average Bonchev–Trinajstić information content (AvgIpc) is 2.96. The topological polar surface area (TPSA) is 101 Å². The molecule has 0 aliphatic carbocycles. The van der Waals surface area contributed by atoms with Gasteiger partial charge in [0.2, 0.25) is 5.91 Å². The molecule has 0 fully saturated rings. The lowest BCUT2D eigenvalue weighted by Crippen LogP contribution is -2.42. The molecule has 3 rings (SSSR count). The van der Waals surface area contributed by atoms with Gasteiger partial charge in [-0.3, -0.25) is 14.7 Å². The Morgan fingerprint density at radius 2 is 2.04 bits per heavy atom. The third-order valence-electron chi connectivity index (χ3n) is 4.02. The highest BCUT2D eigenvalue weighted by atomic mass is 19.1. The zero-order chi connectivity index (χ0) is 18.1. The monoisotopic (exact) mass is 340 g/mol. The molecule has 0 saturated carbocycles. The van der Waals surface area contributed by atoms with Gasteiger partial charge in [0.15, 0.2) is 0 Å². The van der Waals surface area contributed by atoms with Crippen LogP contribution < -0.4 is 11.1 Å². The minimum Gasteiger partial charge on any atom is -0.368 e. The van der Waals surface area contributed by atoms with Gasteiger partial charge in [-0.05, 0) is 43.7 Å². The van der Waals surface area contributed by atoms with Crippen molar-refractivity contribution in [1.29, 1.82) is 0 Å². The van der Waals surface area contributed by atoms with E-state index in [0.717, 1.165) is 11.1 Å². The molecular formula is C18H17FN4O2. The van der Waals surface area contributed by atoms with Crippen LogP contribution in [0.4, 0.5) is 4.39 Å². The normalized spacial score (nSPS) is 12.1. The number of nitrogens with zero attached hydrogens (tertiary/aromatic N) is 1. The fraction of sp³-hybridized carbons (Fsp3) is 0.167. The van der Waals surface area contributed by atoms with E-state index in [9.17, 15) is 14.0 Å². The van der Waals surface area contributed by atoms with Crippen LogP contribution in [0.15, 0.2) is 36.4 Å². The number of aryl methyl sites for hydroxylation is 1. The van der Waals surface area contributed by atoms with Crippen molar-refractivity contribution in [2.24, 2.45) is 5.73 Å². The van der Waals surface area contributed by atoms with Crippen molar-refractivity contribution in [1.82, 2.24) is 15.5 Å². The number of H-pyrrole nitrogens is 1. The molecule has 2 aromatic carbocycles. The van der Waals surface area contributed by atoms with Crippen LogP contribution in [0.5, 0.6) is 0 Å². The number of aromatic nitrogens is 2. The van der Waals surface area contributed by atoms with Gasteiger partial charge in [0.05, 0.1) is 5.52 Å². The number of fused-ring (bicyclic) bond motifs is 1. The highest BCUT2D eigenvalue weighted by molar-refractivity contribution is 6.04. The van der Waals surface area contributed by atoms with Crippen LogP contribution in [-0.4, -0.2) is 28.1 Å². The van der Waals surface area contributed by atoms with E-state index >= 15 is 0 Å². The average molecular weight is 340 g/mol. The highest BCUT2D eigenvalue weighted by Crippen LogP contribution is 2.29. The second-order valence-corrected chi connectivity index (χ2v) is 5.89. The largest absolute Gasteiger partial charge is 0.368 e. The van der Waals surface area contributed by atoms with Gasteiger partial charge in [-0.2, -0.15) is 5.10 Å². The second kappa shape index (κ2) is 6.35. The number of halogens is 1. The van der Waals surface area contributed by atoms with Crippen LogP contribution in [0.25, 0.3) is 22.2 Å². The zero-order valence-corrected chi connectivity index (χ0v) is 13.8. The maximum Gasteiger partial charge on any atom is 0.252 e. The van der Waals surface area contributed by atoms with Gasteiger partial charge in [0, 0.05) is 16.5 Å². The summed E-state index contributed by atoms with van der Waals surface area (Å²) in [5.74, 6) is -1.39. The zero-order valence-electron chi connectivity index (χ0n) is 13.8. The van der Waals surface area contributed by atoms with Gasteiger partial charge in [-0.25, -0.2) is 4.39 Å². The van der Waals surface area contributed by atoms with E-state index in [1.807, 2.05) is 0 Å². The number of carbonyl (C=O) groups excluding carboxylic acids is 2. The van der Waals surface area contributed by atoms with Gasteiger partial charge in [-0.1, -0.05) is 12.1 Å². The Labute approximate surface area is 143 Å². The summed E-state index contributed by atoms with van der Waals surface area (Å²) in [5, 5.41) is 10.4. The van der Waals surface area contributed by atoms with Gasteiger partial charge in [-0.15, -0.1) is 0 Å². The van der Waals surface area contributed by atoms with E-state index in [0.29, 0.717) is 22.2 Å². The van der Waals surface area contributed by atoms with Crippen molar-refractivity contribution >= 4 is 22.7 Å². The number of carbonyl (C=O) groups is 2. The number of hydrogen-bond donors (Lipinski definition) is 3. The number of benzene rings is 2. The number of nitrogens with one attached hydrogen (secondary N) is 2. The van der Waals surface area contributed by atoms with E-state index in [-0.39, 0.29) is 5.82 Å². The molecule has 3 aromatic rings. The van der Waals surface area contributed by atoms with Crippen molar-refractivity contribution in [3.05, 3.63) is 53.3 Å². The smallest absolute Gasteiger partial charge is 0.252 e. The Kier molecular flexibility index (Phi) is 4.22. The van der Waals surface area contributed by atoms with E-state index in [1.54, 1.807) is 31.2 Å². The van der Waals surface area contributed by atoms with Crippen LogP contribution in [0.1, 0.15) is 22.8 Å². The molecule has 1 heterocycles. The molecule has 7 heteroatoms. The van der Waals surface area contributed by atoms with E-state index in [2.05, 4.69) is 15.5 Å². The summed E-state index contributed by atoms with van der Waals surface area (Å²) in [6.07, 6.45) is 0. The lowest BCUT2D eigenvalue weighted by atomic mass is 10.0. The Hall–Kier alpha value is -3.22. The molecule has 0 radical (unpaired) electrons. The highest BCUT2D eigenvalue weighted by Gasteiger charge is 2.18. The third kappa shape index (κ3) is 3.21. The van der Waals surface area contributed by atoms with Crippen molar-refractivity contribution in [3.8, 4) is 11.3 Å². The lowest BCUT2D eigenvalue weighted by Gasteiger charge is -2.12. The Morgan fingerprint density at radius 3 is 2.72 bits per heavy atom. The molecule has 1 unspecified atom stereocenters. The van der Waals surface area contributed by atoms with Crippen molar-refractivity contribution in [3.63, 3.8) is 0 Å². The number of hydrogen-bond acceptors (Lipinski definition) is 3. The molecule has 1 atom stereocenters. The first kappa shape index (κ1) is 16.6. The molecular weight excluding hydrogens is 323 g/mol. The number of amides is 2. The lowest BCUT2D eigenvalue weighted by molar-refractivity contribution is -0.119. The first-order valence-corrected chi connectivity index (χ1v) is 7.71. The molecule has 128 valence electrons. The van der Waals surface area contributed by atoms with Crippen molar-refractivity contribution in [2.45, 2.75) is 19.9 Å². The maximum absolute atomic E-state index is 13.5. The summed E-state index contributed by atoms with van der Waals surface area (Å²) in [7, 11) is 0. The summed E-state index contributed by atoms with van der Waals surface area (Å²) >= 11 is 0. The number of aromatic amines is 1. The Morgan fingerprint density at radius 1 is 1.28 bits per heavy atom. The molecule has 0 spiro atoms. The maximum atomic E-state index is 13.5. The van der Waals surface area contributed by atoms with Gasteiger partial charge in [0.25, 0.3) is 5.91 Å². The van der Waals surface area contributed by atoms with Gasteiger partial charge < -0.3 is 11.1 Å². The summed E-state index contributed by atoms with van der Waals surface area (Å²) < 4.78 is 13.5. The summed E-state index contributed by atoms with van der Waals surface area (Å²) in [5.41, 5.74) is 8.19. The van der Waals surface area contributed by atoms with Crippen LogP contribution in [0, 0.1) is 12.7 Å². The fourth-order valence-electron chi connectivity index (χ4n) is 2.62. The van der Waals surface area contributed by atoms with Crippen molar-refractivity contribution in [2.75, 3.05) is 0 Å². The molecule has 0 saturated heterocycles. The molecule has 25 heavy (non-hydrogen) atoms. The van der Waals surface area contributed by atoms with Gasteiger partial charge in [0.1, 0.15) is 17.6 Å². The number of rotatable bonds is 4. The summed E-state index contributed by atoms with van der Waals surface area (Å²) in [6.45, 7) is 3.30.